The average Bonchev–Trinajstić information content (AvgIpc) is 3.29. The van der Waals surface area contributed by atoms with Crippen LogP contribution < -0.4 is 5.32 Å². The number of halogens is 2. The summed E-state index contributed by atoms with van der Waals surface area (Å²) < 4.78 is 0. The van der Waals surface area contributed by atoms with Crippen LogP contribution in [0, 0.1) is 0 Å². The first kappa shape index (κ1) is 16.4. The Kier molecular flexibility index (Phi) is 3.75. The van der Waals surface area contributed by atoms with E-state index in [2.05, 4.69) is 15.5 Å². The zero-order valence-electron chi connectivity index (χ0n) is 13.0. The quantitative estimate of drug-likeness (QED) is 0.741. The van der Waals surface area contributed by atoms with Gasteiger partial charge in [-0.15, -0.1) is 0 Å². The lowest BCUT2D eigenvalue weighted by molar-refractivity contribution is -0.120. The zero-order valence-corrected chi connectivity index (χ0v) is 14.5. The molecule has 0 unspecified atom stereocenters. The third kappa shape index (κ3) is 2.42. The molecule has 1 saturated heterocycles. The number of amides is 2. The second kappa shape index (κ2) is 5.72. The third-order valence-electron chi connectivity index (χ3n) is 4.84. The smallest absolute Gasteiger partial charge is 0.274 e. The number of carbonyl (C=O) groups is 2. The molecule has 0 saturated carbocycles. The molecule has 1 atom stereocenters. The van der Waals surface area contributed by atoms with Gasteiger partial charge in [-0.3, -0.25) is 14.7 Å². The van der Waals surface area contributed by atoms with Crippen LogP contribution >= 0.6 is 23.2 Å². The van der Waals surface area contributed by atoms with Crippen LogP contribution in [-0.2, 0) is 16.8 Å². The van der Waals surface area contributed by atoms with Crippen LogP contribution in [0.25, 0.3) is 0 Å². The second-order valence-electron chi connectivity index (χ2n) is 6.26. The van der Waals surface area contributed by atoms with Gasteiger partial charge in [-0.05, 0) is 30.2 Å². The molecule has 2 amide bonds. The topological polar surface area (TPSA) is 98.3 Å². The Morgan fingerprint density at radius 1 is 1.32 bits per heavy atom. The molecule has 4 rings (SSSR count). The van der Waals surface area contributed by atoms with Crippen LogP contribution in [0.4, 0.5) is 5.69 Å². The number of nitrogens with zero attached hydrogens (tertiary/aromatic N) is 2. The van der Waals surface area contributed by atoms with Crippen molar-refractivity contribution in [3.63, 3.8) is 0 Å². The number of aliphatic hydroxyl groups excluding tert-OH is 1. The van der Waals surface area contributed by atoms with Gasteiger partial charge in [0.1, 0.15) is 5.69 Å². The van der Waals surface area contributed by atoms with E-state index >= 15 is 0 Å². The fraction of sp³-hybridized carbons (Fsp3) is 0.312. The van der Waals surface area contributed by atoms with Crippen molar-refractivity contribution in [3.05, 3.63) is 45.2 Å². The number of carbonyl (C=O) groups excluding carboxylic acids is 2. The molecule has 1 fully saturated rings. The number of likely N-dealkylation sites (tertiary alicyclic amines) is 1. The number of rotatable bonds is 2. The summed E-state index contributed by atoms with van der Waals surface area (Å²) in [5.41, 5.74) is 1.25. The fourth-order valence-electron chi connectivity index (χ4n) is 3.51. The molecule has 2 aliphatic heterocycles. The van der Waals surface area contributed by atoms with Crippen molar-refractivity contribution in [2.45, 2.75) is 18.4 Å². The summed E-state index contributed by atoms with van der Waals surface area (Å²) in [7, 11) is 0. The number of hydrogen-bond acceptors (Lipinski definition) is 4. The molecule has 0 bridgehead atoms. The molecule has 3 N–H and O–H groups in total. The Morgan fingerprint density at radius 3 is 2.80 bits per heavy atom. The van der Waals surface area contributed by atoms with Gasteiger partial charge >= 0.3 is 0 Å². The van der Waals surface area contributed by atoms with Crippen molar-refractivity contribution >= 4 is 40.7 Å². The van der Waals surface area contributed by atoms with Gasteiger partial charge in [0.2, 0.25) is 5.91 Å². The largest absolute Gasteiger partial charge is 0.390 e. The van der Waals surface area contributed by atoms with Gasteiger partial charge in [-0.25, -0.2) is 0 Å². The Hall–Kier alpha value is -2.09. The Morgan fingerprint density at radius 2 is 2.08 bits per heavy atom. The van der Waals surface area contributed by atoms with E-state index < -0.39 is 5.41 Å². The first-order valence-corrected chi connectivity index (χ1v) is 8.45. The molecule has 130 valence electrons. The molecule has 0 aliphatic carbocycles. The number of anilines is 1. The minimum absolute atomic E-state index is 0.158. The maximum absolute atomic E-state index is 12.6. The summed E-state index contributed by atoms with van der Waals surface area (Å²) in [5.74, 6) is -0.441. The second-order valence-corrected chi connectivity index (χ2v) is 7.08. The zero-order chi connectivity index (χ0) is 17.8. The van der Waals surface area contributed by atoms with E-state index in [4.69, 9.17) is 28.3 Å². The van der Waals surface area contributed by atoms with Gasteiger partial charge in [-0.1, -0.05) is 23.2 Å². The molecule has 0 radical (unpaired) electrons. The predicted molar refractivity (Wildman–Crippen MR) is 91.8 cm³/mol. The number of aromatic nitrogens is 2. The number of benzene rings is 1. The molecule has 7 nitrogen and oxygen atoms in total. The minimum atomic E-state index is -0.824. The van der Waals surface area contributed by atoms with Gasteiger partial charge in [0, 0.05) is 18.8 Å². The van der Waals surface area contributed by atoms with Crippen LogP contribution in [0.3, 0.4) is 0 Å². The molecule has 2 aliphatic rings. The fourth-order valence-corrected chi connectivity index (χ4v) is 3.84. The van der Waals surface area contributed by atoms with Crippen LogP contribution in [0.2, 0.25) is 10.0 Å². The highest BCUT2D eigenvalue weighted by Gasteiger charge is 2.52. The monoisotopic (exact) mass is 380 g/mol. The highest BCUT2D eigenvalue weighted by atomic mass is 35.5. The highest BCUT2D eigenvalue weighted by Crippen LogP contribution is 2.46. The maximum atomic E-state index is 12.6. The molecule has 3 heterocycles. The molecule has 1 aromatic carbocycles. The van der Waals surface area contributed by atoms with E-state index in [1.165, 1.54) is 6.07 Å². The van der Waals surface area contributed by atoms with E-state index in [9.17, 15) is 9.59 Å². The van der Waals surface area contributed by atoms with Crippen LogP contribution in [0.5, 0.6) is 0 Å². The maximum Gasteiger partial charge on any atom is 0.274 e. The lowest BCUT2D eigenvalue weighted by atomic mass is 9.81. The van der Waals surface area contributed by atoms with Crippen molar-refractivity contribution in [1.82, 2.24) is 15.1 Å². The SMILES string of the molecule is O=C(c1cc(CO)[nH]n1)N1CC[C@]2(C1)C(=O)Nc1cc(Cl)c(Cl)cc12. The molecule has 2 aromatic rings. The van der Waals surface area contributed by atoms with E-state index in [0.717, 1.165) is 5.56 Å². The summed E-state index contributed by atoms with van der Waals surface area (Å²) in [6.07, 6.45) is 0.493. The van der Waals surface area contributed by atoms with Crippen molar-refractivity contribution in [2.24, 2.45) is 0 Å². The molecule has 1 aromatic heterocycles. The third-order valence-corrected chi connectivity index (χ3v) is 5.56. The van der Waals surface area contributed by atoms with Gasteiger partial charge in [0.15, 0.2) is 0 Å². The Bertz CT molecular complexity index is 898. The van der Waals surface area contributed by atoms with Crippen molar-refractivity contribution in [1.29, 1.82) is 0 Å². The van der Waals surface area contributed by atoms with Crippen molar-refractivity contribution in [3.8, 4) is 0 Å². The number of aromatic amines is 1. The Labute approximate surface area is 152 Å². The van der Waals surface area contributed by atoms with E-state index in [1.807, 2.05) is 0 Å². The minimum Gasteiger partial charge on any atom is -0.390 e. The summed E-state index contributed by atoms with van der Waals surface area (Å²) >= 11 is 12.2. The summed E-state index contributed by atoms with van der Waals surface area (Å²) in [6, 6.07) is 4.84. The highest BCUT2D eigenvalue weighted by molar-refractivity contribution is 6.42. The average molecular weight is 381 g/mol. The molecule has 1 spiro atoms. The summed E-state index contributed by atoms with van der Waals surface area (Å²) in [5, 5.41) is 19.2. The number of H-pyrrole nitrogens is 1. The van der Waals surface area contributed by atoms with Crippen LogP contribution in [-0.4, -0.2) is 45.1 Å². The van der Waals surface area contributed by atoms with Crippen molar-refractivity contribution in [2.75, 3.05) is 18.4 Å². The lowest BCUT2D eigenvalue weighted by Gasteiger charge is -2.22. The summed E-state index contributed by atoms with van der Waals surface area (Å²) in [4.78, 5) is 26.9. The number of aliphatic hydroxyl groups is 1. The molecule has 9 heteroatoms. The normalized spacial score (nSPS) is 21.7. The number of hydrogen-bond donors (Lipinski definition) is 3. The standard InChI is InChI=1S/C16H14Cl2N4O3/c17-10-4-9-12(5-11(10)18)19-15(25)16(9)1-2-22(7-16)14(24)13-3-8(6-23)20-21-13/h3-5,23H,1-2,6-7H2,(H,19,25)(H,20,21)/t16-/m1/s1. The molecule has 25 heavy (non-hydrogen) atoms. The van der Waals surface area contributed by atoms with Crippen molar-refractivity contribution < 1.29 is 14.7 Å². The molecular weight excluding hydrogens is 367 g/mol. The predicted octanol–water partition coefficient (Wildman–Crippen LogP) is 1.94. The number of nitrogens with one attached hydrogen (secondary N) is 2. The van der Waals surface area contributed by atoms with E-state index in [1.54, 1.807) is 17.0 Å². The van der Waals surface area contributed by atoms with E-state index in [0.29, 0.717) is 34.4 Å². The first-order valence-electron chi connectivity index (χ1n) is 7.70. The molecular formula is C16H14Cl2N4O3. The summed E-state index contributed by atoms with van der Waals surface area (Å²) in [6.45, 7) is 0.441. The van der Waals surface area contributed by atoms with Gasteiger partial charge in [0.05, 0.1) is 27.8 Å². The number of fused-ring (bicyclic) bond motifs is 2. The lowest BCUT2D eigenvalue weighted by Crippen LogP contribution is -2.39. The van der Waals surface area contributed by atoms with Gasteiger partial charge in [-0.2, -0.15) is 5.10 Å². The van der Waals surface area contributed by atoms with Gasteiger partial charge in [0.25, 0.3) is 5.91 Å². The van der Waals surface area contributed by atoms with E-state index in [-0.39, 0.29) is 30.7 Å². The Balaban J connectivity index is 1.65. The van der Waals surface area contributed by atoms with Crippen LogP contribution in [0.1, 0.15) is 28.2 Å². The van der Waals surface area contributed by atoms with Crippen LogP contribution in [0.15, 0.2) is 18.2 Å². The first-order chi connectivity index (χ1) is 11.9. The van der Waals surface area contributed by atoms with Gasteiger partial charge < -0.3 is 15.3 Å².